The Balaban J connectivity index is 1.97. The molecule has 1 atom stereocenters. The Morgan fingerprint density at radius 2 is 2.17 bits per heavy atom. The second kappa shape index (κ2) is 6.67. The zero-order chi connectivity index (χ0) is 16.4. The standard InChI is InChI=1S/C15H15ClN4O2S/c16-12-6-8-14(23-12)20-11-4-2-1-3-10(11)18-13(20)7-5-9(17)15(21)19-22/h1-4,6,8-9,22H,5,7,17H2,(H,19,21)/t9-/m0/s1. The van der Waals surface area contributed by atoms with Gasteiger partial charge in [-0.3, -0.25) is 14.6 Å². The highest BCUT2D eigenvalue weighted by atomic mass is 35.5. The summed E-state index contributed by atoms with van der Waals surface area (Å²) < 4.78 is 2.72. The number of para-hydroxylation sites is 2. The van der Waals surface area contributed by atoms with Crippen molar-refractivity contribution in [3.05, 3.63) is 46.6 Å². The average Bonchev–Trinajstić information content (AvgIpc) is 3.14. The third kappa shape index (κ3) is 3.23. The van der Waals surface area contributed by atoms with Gasteiger partial charge < -0.3 is 5.73 Å². The zero-order valence-corrected chi connectivity index (χ0v) is 13.6. The molecule has 2 aromatic heterocycles. The molecule has 0 saturated heterocycles. The smallest absolute Gasteiger partial charge is 0.260 e. The summed E-state index contributed by atoms with van der Waals surface area (Å²) in [6.45, 7) is 0. The van der Waals surface area contributed by atoms with Gasteiger partial charge in [-0.25, -0.2) is 10.5 Å². The van der Waals surface area contributed by atoms with E-state index in [1.807, 2.05) is 41.0 Å². The summed E-state index contributed by atoms with van der Waals surface area (Å²) in [5.41, 5.74) is 9.15. The Bertz CT molecular complexity index is 845. The van der Waals surface area contributed by atoms with Gasteiger partial charge in [-0.1, -0.05) is 23.7 Å². The van der Waals surface area contributed by atoms with E-state index in [1.165, 1.54) is 11.3 Å². The lowest BCUT2D eigenvalue weighted by Crippen LogP contribution is -2.39. The van der Waals surface area contributed by atoms with Crippen molar-refractivity contribution in [3.63, 3.8) is 0 Å². The van der Waals surface area contributed by atoms with Crippen LogP contribution < -0.4 is 11.2 Å². The number of hydroxylamine groups is 1. The first-order chi connectivity index (χ1) is 11.1. The van der Waals surface area contributed by atoms with E-state index in [4.69, 9.17) is 22.5 Å². The van der Waals surface area contributed by atoms with Gasteiger partial charge in [-0.15, -0.1) is 11.3 Å². The van der Waals surface area contributed by atoms with Crippen molar-refractivity contribution < 1.29 is 10.0 Å². The maximum Gasteiger partial charge on any atom is 0.260 e. The fraction of sp³-hybridized carbons (Fsp3) is 0.200. The number of fused-ring (bicyclic) bond motifs is 1. The van der Waals surface area contributed by atoms with Gasteiger partial charge in [-0.2, -0.15) is 0 Å². The van der Waals surface area contributed by atoms with Gasteiger partial charge in [0.25, 0.3) is 5.91 Å². The van der Waals surface area contributed by atoms with Crippen molar-refractivity contribution in [1.29, 1.82) is 0 Å². The lowest BCUT2D eigenvalue weighted by Gasteiger charge is -2.10. The molecule has 120 valence electrons. The Morgan fingerprint density at radius 3 is 2.87 bits per heavy atom. The average molecular weight is 351 g/mol. The minimum atomic E-state index is -0.791. The SMILES string of the molecule is N[C@@H](CCc1nc2ccccc2n1-c1ccc(Cl)s1)C(=O)NO. The van der Waals surface area contributed by atoms with E-state index >= 15 is 0 Å². The highest BCUT2D eigenvalue weighted by molar-refractivity contribution is 7.18. The summed E-state index contributed by atoms with van der Waals surface area (Å²) in [6, 6.07) is 10.8. The molecule has 0 radical (unpaired) electrons. The number of nitrogens with two attached hydrogens (primary N) is 1. The second-order valence-electron chi connectivity index (χ2n) is 5.05. The molecule has 0 aliphatic heterocycles. The highest BCUT2D eigenvalue weighted by Gasteiger charge is 2.17. The molecule has 1 aromatic carbocycles. The topological polar surface area (TPSA) is 93.2 Å². The highest BCUT2D eigenvalue weighted by Crippen LogP contribution is 2.30. The van der Waals surface area contributed by atoms with Gasteiger partial charge in [0.1, 0.15) is 10.8 Å². The number of aromatic nitrogens is 2. The van der Waals surface area contributed by atoms with Crippen LogP contribution >= 0.6 is 22.9 Å². The van der Waals surface area contributed by atoms with Crippen molar-refractivity contribution in [2.24, 2.45) is 5.73 Å². The summed E-state index contributed by atoms with van der Waals surface area (Å²) in [4.78, 5) is 16.0. The van der Waals surface area contributed by atoms with Crippen LogP contribution in [0.15, 0.2) is 36.4 Å². The molecular weight excluding hydrogens is 336 g/mol. The summed E-state index contributed by atoms with van der Waals surface area (Å²) in [6.07, 6.45) is 0.869. The number of carbonyl (C=O) groups is 1. The number of hydrogen-bond acceptors (Lipinski definition) is 5. The molecule has 8 heteroatoms. The van der Waals surface area contributed by atoms with E-state index in [2.05, 4.69) is 4.98 Å². The summed E-state index contributed by atoms with van der Waals surface area (Å²) >= 11 is 7.51. The van der Waals surface area contributed by atoms with E-state index < -0.39 is 11.9 Å². The molecule has 1 amide bonds. The molecule has 0 aliphatic rings. The fourth-order valence-electron chi connectivity index (χ4n) is 2.41. The number of hydrogen-bond donors (Lipinski definition) is 3. The summed E-state index contributed by atoms with van der Waals surface area (Å²) in [5.74, 6) is 0.192. The number of nitrogens with one attached hydrogen (secondary N) is 1. The third-order valence-electron chi connectivity index (χ3n) is 3.54. The van der Waals surface area contributed by atoms with Crippen molar-refractivity contribution in [3.8, 4) is 5.00 Å². The Hall–Kier alpha value is -1.93. The van der Waals surface area contributed by atoms with Crippen LogP contribution in [0.1, 0.15) is 12.2 Å². The number of imidazole rings is 1. The van der Waals surface area contributed by atoms with Crippen LogP contribution in [-0.2, 0) is 11.2 Å². The largest absolute Gasteiger partial charge is 0.320 e. The predicted molar refractivity (Wildman–Crippen MR) is 90.2 cm³/mol. The molecule has 0 bridgehead atoms. The van der Waals surface area contributed by atoms with E-state index in [-0.39, 0.29) is 0 Å². The predicted octanol–water partition coefficient (Wildman–Crippen LogP) is 2.51. The molecule has 3 aromatic rings. The number of aryl methyl sites for hydroxylation is 1. The Kier molecular flexibility index (Phi) is 4.63. The molecule has 4 N–H and O–H groups in total. The Labute approximate surface area is 141 Å². The molecule has 2 heterocycles. The number of benzene rings is 1. The molecule has 23 heavy (non-hydrogen) atoms. The van der Waals surface area contributed by atoms with Crippen molar-refractivity contribution >= 4 is 39.9 Å². The number of rotatable bonds is 5. The van der Waals surface area contributed by atoms with E-state index in [0.717, 1.165) is 21.9 Å². The van der Waals surface area contributed by atoms with Crippen molar-refractivity contribution in [2.45, 2.75) is 18.9 Å². The Morgan fingerprint density at radius 1 is 1.39 bits per heavy atom. The number of amides is 1. The molecule has 0 unspecified atom stereocenters. The molecular formula is C15H15ClN4O2S. The van der Waals surface area contributed by atoms with Crippen LogP contribution in [-0.4, -0.2) is 26.7 Å². The van der Waals surface area contributed by atoms with Gasteiger partial charge >= 0.3 is 0 Å². The van der Waals surface area contributed by atoms with Crippen molar-refractivity contribution in [2.75, 3.05) is 0 Å². The molecule has 0 fully saturated rings. The first kappa shape index (κ1) is 15.9. The lowest BCUT2D eigenvalue weighted by atomic mass is 10.1. The summed E-state index contributed by atoms with van der Waals surface area (Å²) in [7, 11) is 0. The van der Waals surface area contributed by atoms with Crippen LogP contribution in [0.25, 0.3) is 16.0 Å². The number of halogens is 1. The lowest BCUT2D eigenvalue weighted by molar-refractivity contribution is -0.130. The van der Waals surface area contributed by atoms with Crippen LogP contribution in [0.5, 0.6) is 0 Å². The molecule has 3 rings (SSSR count). The number of nitrogens with zero attached hydrogens (tertiary/aromatic N) is 2. The van der Waals surface area contributed by atoms with E-state index in [0.29, 0.717) is 17.2 Å². The van der Waals surface area contributed by atoms with Crippen LogP contribution in [0, 0.1) is 0 Å². The second-order valence-corrected chi connectivity index (χ2v) is 6.74. The normalized spacial score (nSPS) is 12.5. The fourth-order valence-corrected chi connectivity index (χ4v) is 3.48. The van der Waals surface area contributed by atoms with Crippen molar-refractivity contribution in [1.82, 2.24) is 15.0 Å². The first-order valence-electron chi connectivity index (χ1n) is 7.01. The number of carbonyl (C=O) groups excluding carboxylic acids is 1. The van der Waals surface area contributed by atoms with E-state index in [1.54, 1.807) is 5.48 Å². The third-order valence-corrected chi connectivity index (χ3v) is 4.75. The number of thiophene rings is 1. The van der Waals surface area contributed by atoms with Crippen LogP contribution in [0.2, 0.25) is 4.34 Å². The van der Waals surface area contributed by atoms with Gasteiger partial charge in [0.2, 0.25) is 0 Å². The van der Waals surface area contributed by atoms with Gasteiger partial charge in [0, 0.05) is 6.42 Å². The molecule has 0 spiro atoms. The molecule has 0 saturated carbocycles. The van der Waals surface area contributed by atoms with Crippen LogP contribution in [0.3, 0.4) is 0 Å². The maximum absolute atomic E-state index is 11.3. The maximum atomic E-state index is 11.3. The summed E-state index contributed by atoms with van der Waals surface area (Å²) in [5, 5.41) is 9.60. The minimum Gasteiger partial charge on any atom is -0.320 e. The molecule has 0 aliphatic carbocycles. The minimum absolute atomic E-state index is 0.370. The first-order valence-corrected chi connectivity index (χ1v) is 8.21. The van der Waals surface area contributed by atoms with E-state index in [9.17, 15) is 4.79 Å². The van der Waals surface area contributed by atoms with Gasteiger partial charge in [0.15, 0.2) is 0 Å². The molecule has 6 nitrogen and oxygen atoms in total. The van der Waals surface area contributed by atoms with Crippen LogP contribution in [0.4, 0.5) is 0 Å². The van der Waals surface area contributed by atoms with Gasteiger partial charge in [0.05, 0.1) is 21.4 Å². The monoisotopic (exact) mass is 350 g/mol. The zero-order valence-electron chi connectivity index (χ0n) is 12.1. The quantitative estimate of drug-likeness (QED) is 0.487. The van der Waals surface area contributed by atoms with Gasteiger partial charge in [-0.05, 0) is 30.7 Å².